The molecule has 1 aromatic carbocycles. The first-order chi connectivity index (χ1) is 14.1. The first-order valence-electron chi connectivity index (χ1n) is 9.17. The summed E-state index contributed by atoms with van der Waals surface area (Å²) >= 11 is 0. The molecule has 2 aromatic heterocycles. The van der Waals surface area contributed by atoms with Crippen LogP contribution in [0.3, 0.4) is 0 Å². The number of amides is 1. The monoisotopic (exact) mass is 393 g/mol. The van der Waals surface area contributed by atoms with Gasteiger partial charge in [0.1, 0.15) is 29.1 Å². The molecular formula is C22H19NO6. The predicted molar refractivity (Wildman–Crippen MR) is 103 cm³/mol. The quantitative estimate of drug-likeness (QED) is 0.388. The summed E-state index contributed by atoms with van der Waals surface area (Å²) < 4.78 is 16.2. The summed E-state index contributed by atoms with van der Waals surface area (Å²) in [6, 6.07) is 12.5. The van der Waals surface area contributed by atoms with E-state index in [9.17, 15) is 14.7 Å². The lowest BCUT2D eigenvalue weighted by atomic mass is 9.99. The zero-order chi connectivity index (χ0) is 20.4. The molecule has 3 aromatic rings. The average molecular weight is 393 g/mol. The molecule has 0 saturated carbocycles. The van der Waals surface area contributed by atoms with Gasteiger partial charge in [-0.2, -0.15) is 0 Å². The third kappa shape index (κ3) is 3.42. The van der Waals surface area contributed by atoms with Gasteiger partial charge in [-0.3, -0.25) is 9.59 Å². The Bertz CT molecular complexity index is 1030. The number of hydrogen-bond donors (Lipinski definition) is 1. The molecule has 1 unspecified atom stereocenters. The Morgan fingerprint density at radius 2 is 1.79 bits per heavy atom. The van der Waals surface area contributed by atoms with Crippen molar-refractivity contribution >= 4 is 17.4 Å². The molecule has 1 fully saturated rings. The number of carbonyl (C=O) groups is 2. The van der Waals surface area contributed by atoms with E-state index in [0.717, 1.165) is 0 Å². The summed E-state index contributed by atoms with van der Waals surface area (Å²) in [7, 11) is 0. The number of ketones is 1. The number of Topliss-reactive ketones (excluding diaryl/α,β-unsaturated/α-hetero) is 1. The molecule has 1 N–H and O–H groups in total. The second-order valence-electron chi connectivity index (χ2n) is 6.48. The SMILES string of the molecule is CCOc1ccc(/C(O)=C2/C(=O)C(=O)N(Cc3ccco3)C2c2ccco2)cc1. The fraction of sp³-hybridized carbons (Fsp3) is 0.182. The van der Waals surface area contributed by atoms with Crippen molar-refractivity contribution in [1.29, 1.82) is 0 Å². The second kappa shape index (κ2) is 7.71. The molecule has 0 spiro atoms. The number of aliphatic hydroxyl groups is 1. The minimum absolute atomic E-state index is 0.0272. The summed E-state index contributed by atoms with van der Waals surface area (Å²) in [5.74, 6) is -0.230. The van der Waals surface area contributed by atoms with Gasteiger partial charge < -0.3 is 23.6 Å². The van der Waals surface area contributed by atoms with Crippen LogP contribution in [0.2, 0.25) is 0 Å². The maximum atomic E-state index is 12.8. The summed E-state index contributed by atoms with van der Waals surface area (Å²) in [6.07, 6.45) is 2.95. The highest BCUT2D eigenvalue weighted by molar-refractivity contribution is 6.46. The zero-order valence-corrected chi connectivity index (χ0v) is 15.7. The van der Waals surface area contributed by atoms with Crippen LogP contribution in [0.1, 0.15) is 30.0 Å². The predicted octanol–water partition coefficient (Wildman–Crippen LogP) is 3.89. The molecule has 1 aliphatic heterocycles. The van der Waals surface area contributed by atoms with E-state index in [0.29, 0.717) is 29.4 Å². The minimum Gasteiger partial charge on any atom is -0.507 e. The molecule has 3 heterocycles. The molecule has 1 aliphatic rings. The highest BCUT2D eigenvalue weighted by Crippen LogP contribution is 2.40. The van der Waals surface area contributed by atoms with Gasteiger partial charge in [0.2, 0.25) is 0 Å². The normalized spacial score (nSPS) is 18.4. The average Bonchev–Trinajstić information content (AvgIpc) is 3.47. The van der Waals surface area contributed by atoms with E-state index < -0.39 is 17.7 Å². The lowest BCUT2D eigenvalue weighted by molar-refractivity contribution is -0.140. The van der Waals surface area contributed by atoms with Gasteiger partial charge in [-0.05, 0) is 55.5 Å². The fourth-order valence-electron chi connectivity index (χ4n) is 3.39. The standard InChI is InChI=1S/C22H19NO6/c1-2-27-15-9-7-14(8-10-15)20(24)18-19(17-6-4-12-29-17)23(22(26)21(18)25)13-16-5-3-11-28-16/h3-12,19,24H,2,13H2,1H3/b20-18-. The Balaban J connectivity index is 1.78. The topological polar surface area (TPSA) is 93.1 Å². The Morgan fingerprint density at radius 3 is 2.41 bits per heavy atom. The third-order valence-corrected chi connectivity index (χ3v) is 4.70. The van der Waals surface area contributed by atoms with E-state index in [4.69, 9.17) is 13.6 Å². The highest BCUT2D eigenvalue weighted by Gasteiger charge is 2.47. The number of likely N-dealkylation sites (tertiary alicyclic amines) is 1. The van der Waals surface area contributed by atoms with Gasteiger partial charge in [0, 0.05) is 5.56 Å². The fourth-order valence-corrected chi connectivity index (χ4v) is 3.39. The largest absolute Gasteiger partial charge is 0.507 e. The van der Waals surface area contributed by atoms with Crippen LogP contribution in [0.25, 0.3) is 5.76 Å². The smallest absolute Gasteiger partial charge is 0.296 e. The number of nitrogens with zero attached hydrogens (tertiary/aromatic N) is 1. The minimum atomic E-state index is -0.860. The van der Waals surface area contributed by atoms with Crippen molar-refractivity contribution < 1.29 is 28.3 Å². The van der Waals surface area contributed by atoms with E-state index >= 15 is 0 Å². The van der Waals surface area contributed by atoms with Crippen LogP contribution < -0.4 is 4.74 Å². The van der Waals surface area contributed by atoms with Crippen molar-refractivity contribution in [2.75, 3.05) is 6.61 Å². The van der Waals surface area contributed by atoms with Gasteiger partial charge in [0.25, 0.3) is 11.7 Å². The maximum Gasteiger partial charge on any atom is 0.296 e. The molecule has 1 saturated heterocycles. The van der Waals surface area contributed by atoms with Gasteiger partial charge in [0.15, 0.2) is 0 Å². The van der Waals surface area contributed by atoms with E-state index in [1.54, 1.807) is 48.5 Å². The van der Waals surface area contributed by atoms with Gasteiger partial charge in [-0.15, -0.1) is 0 Å². The van der Waals surface area contributed by atoms with Crippen LogP contribution in [0, 0.1) is 0 Å². The number of furan rings is 2. The molecule has 1 amide bonds. The van der Waals surface area contributed by atoms with Crippen molar-refractivity contribution in [3.05, 3.63) is 83.7 Å². The van der Waals surface area contributed by atoms with E-state index in [1.165, 1.54) is 17.4 Å². The van der Waals surface area contributed by atoms with Gasteiger partial charge in [0.05, 0.1) is 31.3 Å². The molecular weight excluding hydrogens is 374 g/mol. The number of hydrogen-bond acceptors (Lipinski definition) is 6. The van der Waals surface area contributed by atoms with Gasteiger partial charge in [-0.25, -0.2) is 0 Å². The Hall–Kier alpha value is -3.74. The number of rotatable bonds is 6. The number of benzene rings is 1. The van der Waals surface area contributed by atoms with Crippen LogP contribution in [-0.2, 0) is 16.1 Å². The van der Waals surface area contributed by atoms with Crippen LogP contribution in [-0.4, -0.2) is 28.3 Å². The molecule has 29 heavy (non-hydrogen) atoms. The lowest BCUT2D eigenvalue weighted by Crippen LogP contribution is -2.28. The first-order valence-corrected chi connectivity index (χ1v) is 9.17. The van der Waals surface area contributed by atoms with Crippen molar-refractivity contribution in [2.45, 2.75) is 19.5 Å². The molecule has 0 aliphatic carbocycles. The molecule has 7 nitrogen and oxygen atoms in total. The Labute approximate surface area is 166 Å². The van der Waals surface area contributed by atoms with Crippen LogP contribution >= 0.6 is 0 Å². The highest BCUT2D eigenvalue weighted by atomic mass is 16.5. The summed E-state index contributed by atoms with van der Waals surface area (Å²) in [4.78, 5) is 26.9. The number of carbonyl (C=O) groups excluding carboxylic acids is 2. The second-order valence-corrected chi connectivity index (χ2v) is 6.48. The summed E-state index contributed by atoms with van der Waals surface area (Å²) in [5.41, 5.74) is 0.377. The summed E-state index contributed by atoms with van der Waals surface area (Å²) in [5, 5.41) is 10.9. The summed E-state index contributed by atoms with van der Waals surface area (Å²) in [6.45, 7) is 2.46. The molecule has 1 atom stereocenters. The molecule has 7 heteroatoms. The zero-order valence-electron chi connectivity index (χ0n) is 15.7. The van der Waals surface area contributed by atoms with Crippen molar-refractivity contribution in [3.63, 3.8) is 0 Å². The molecule has 148 valence electrons. The van der Waals surface area contributed by atoms with E-state index in [1.807, 2.05) is 6.92 Å². The Kier molecular flexibility index (Phi) is 4.95. The van der Waals surface area contributed by atoms with Gasteiger partial charge >= 0.3 is 0 Å². The van der Waals surface area contributed by atoms with Crippen LogP contribution in [0.15, 0.2) is 75.5 Å². The van der Waals surface area contributed by atoms with Crippen molar-refractivity contribution in [3.8, 4) is 5.75 Å². The molecule has 4 rings (SSSR count). The molecule has 0 radical (unpaired) electrons. The van der Waals surface area contributed by atoms with E-state index in [-0.39, 0.29) is 17.9 Å². The van der Waals surface area contributed by atoms with Crippen LogP contribution in [0.4, 0.5) is 0 Å². The Morgan fingerprint density at radius 1 is 1.07 bits per heavy atom. The van der Waals surface area contributed by atoms with Crippen molar-refractivity contribution in [2.24, 2.45) is 0 Å². The van der Waals surface area contributed by atoms with Crippen molar-refractivity contribution in [1.82, 2.24) is 4.90 Å². The lowest BCUT2D eigenvalue weighted by Gasteiger charge is -2.22. The maximum absolute atomic E-state index is 12.8. The third-order valence-electron chi connectivity index (χ3n) is 4.70. The first kappa shape index (κ1) is 18.6. The van der Waals surface area contributed by atoms with Gasteiger partial charge in [-0.1, -0.05) is 0 Å². The van der Waals surface area contributed by atoms with Crippen LogP contribution in [0.5, 0.6) is 5.75 Å². The van der Waals surface area contributed by atoms with E-state index in [2.05, 4.69) is 0 Å². The molecule has 0 bridgehead atoms. The number of ether oxygens (including phenoxy) is 1. The number of aliphatic hydroxyl groups excluding tert-OH is 1.